The summed E-state index contributed by atoms with van der Waals surface area (Å²) >= 11 is 0. The molecule has 1 aromatic heterocycles. The van der Waals surface area contributed by atoms with Crippen molar-refractivity contribution in [3.8, 4) is 0 Å². The number of amides is 1. The molecule has 0 aliphatic carbocycles. The third kappa shape index (κ3) is 5.40. The molecule has 2 rings (SSSR count). The van der Waals surface area contributed by atoms with E-state index in [4.69, 9.17) is 9.52 Å². The lowest BCUT2D eigenvalue weighted by Gasteiger charge is -2.31. The largest absolute Gasteiger partial charge is 0.481 e. The molecule has 0 bridgehead atoms. The first-order valence-electron chi connectivity index (χ1n) is 6.86. The van der Waals surface area contributed by atoms with Crippen molar-refractivity contribution in [2.75, 3.05) is 19.6 Å². The molecule has 2 heterocycles. The standard InChI is InChI=1S/C14H20N2O4.ClH/c1-10-2-3-12(20-10)14(19)15-11-4-7-16(8-5-11)9-6-13(17)18;/h2-3,11H,4-9H2,1H3,(H,15,19)(H,17,18);1H. The Morgan fingerprint density at radius 1 is 1.38 bits per heavy atom. The summed E-state index contributed by atoms with van der Waals surface area (Å²) in [6.45, 7) is 4.01. The molecule has 7 heteroatoms. The maximum absolute atomic E-state index is 11.9. The fourth-order valence-corrected chi connectivity index (χ4v) is 2.37. The zero-order chi connectivity index (χ0) is 14.5. The van der Waals surface area contributed by atoms with Crippen LogP contribution in [0.5, 0.6) is 0 Å². The quantitative estimate of drug-likeness (QED) is 0.863. The Morgan fingerprint density at radius 2 is 2.05 bits per heavy atom. The number of furan rings is 1. The van der Waals surface area contributed by atoms with Crippen LogP contribution < -0.4 is 5.32 Å². The van der Waals surface area contributed by atoms with E-state index in [9.17, 15) is 9.59 Å². The molecule has 1 amide bonds. The van der Waals surface area contributed by atoms with Gasteiger partial charge < -0.3 is 19.7 Å². The van der Waals surface area contributed by atoms with E-state index in [1.807, 2.05) is 0 Å². The van der Waals surface area contributed by atoms with Crippen molar-refractivity contribution in [2.45, 2.75) is 32.2 Å². The fraction of sp³-hybridized carbons (Fsp3) is 0.571. The molecule has 21 heavy (non-hydrogen) atoms. The van der Waals surface area contributed by atoms with Gasteiger partial charge in [0.05, 0.1) is 6.42 Å². The van der Waals surface area contributed by atoms with E-state index in [1.54, 1.807) is 19.1 Å². The summed E-state index contributed by atoms with van der Waals surface area (Å²) in [6.07, 6.45) is 1.85. The number of likely N-dealkylation sites (tertiary alicyclic amines) is 1. The van der Waals surface area contributed by atoms with Crippen molar-refractivity contribution >= 4 is 24.3 Å². The van der Waals surface area contributed by atoms with Crippen LogP contribution in [0.25, 0.3) is 0 Å². The Morgan fingerprint density at radius 3 is 2.57 bits per heavy atom. The van der Waals surface area contributed by atoms with Crippen molar-refractivity contribution in [1.29, 1.82) is 0 Å². The molecule has 0 unspecified atom stereocenters. The van der Waals surface area contributed by atoms with Gasteiger partial charge in [0.1, 0.15) is 5.76 Å². The molecule has 1 fully saturated rings. The van der Waals surface area contributed by atoms with Gasteiger partial charge in [-0.15, -0.1) is 12.4 Å². The minimum absolute atomic E-state index is 0. The molecule has 6 nitrogen and oxygen atoms in total. The topological polar surface area (TPSA) is 82.8 Å². The van der Waals surface area contributed by atoms with Gasteiger partial charge in [-0.2, -0.15) is 0 Å². The van der Waals surface area contributed by atoms with Crippen molar-refractivity contribution in [2.24, 2.45) is 0 Å². The van der Waals surface area contributed by atoms with Crippen LogP contribution in [0, 0.1) is 6.92 Å². The molecule has 0 saturated carbocycles. The average Bonchev–Trinajstić information content (AvgIpc) is 2.85. The summed E-state index contributed by atoms with van der Waals surface area (Å²) in [5.74, 6) is 0.116. The molecular formula is C14H21ClN2O4. The summed E-state index contributed by atoms with van der Waals surface area (Å²) in [5, 5.41) is 11.6. The number of aliphatic carboxylic acids is 1. The smallest absolute Gasteiger partial charge is 0.304 e. The Bertz CT molecular complexity index is 481. The Labute approximate surface area is 129 Å². The number of halogens is 1. The SMILES string of the molecule is Cc1ccc(C(=O)NC2CCN(CCC(=O)O)CC2)o1.Cl. The molecule has 0 radical (unpaired) electrons. The summed E-state index contributed by atoms with van der Waals surface area (Å²) in [7, 11) is 0. The van der Waals surface area contributed by atoms with Crippen LogP contribution in [-0.2, 0) is 4.79 Å². The van der Waals surface area contributed by atoms with Crippen molar-refractivity contribution < 1.29 is 19.1 Å². The number of carbonyl (C=O) groups is 2. The molecule has 0 aromatic carbocycles. The van der Waals surface area contributed by atoms with Gasteiger partial charge in [-0.3, -0.25) is 9.59 Å². The Balaban J connectivity index is 0.00000220. The van der Waals surface area contributed by atoms with Gasteiger partial charge in [0.2, 0.25) is 0 Å². The summed E-state index contributed by atoms with van der Waals surface area (Å²) in [5.41, 5.74) is 0. The number of carboxylic acids is 1. The van der Waals surface area contributed by atoms with Gasteiger partial charge in [0.25, 0.3) is 5.91 Å². The lowest BCUT2D eigenvalue weighted by atomic mass is 10.0. The van der Waals surface area contributed by atoms with Gasteiger partial charge in [-0.05, 0) is 31.9 Å². The molecule has 0 spiro atoms. The number of aryl methyl sites for hydroxylation is 1. The molecule has 118 valence electrons. The first-order chi connectivity index (χ1) is 9.54. The third-order valence-corrected chi connectivity index (χ3v) is 3.53. The molecule has 1 saturated heterocycles. The maximum atomic E-state index is 11.9. The van der Waals surface area contributed by atoms with Gasteiger partial charge in [-0.25, -0.2) is 0 Å². The van der Waals surface area contributed by atoms with E-state index in [-0.39, 0.29) is 30.8 Å². The van der Waals surface area contributed by atoms with E-state index in [1.165, 1.54) is 0 Å². The lowest BCUT2D eigenvalue weighted by Crippen LogP contribution is -2.45. The fourth-order valence-electron chi connectivity index (χ4n) is 2.37. The van der Waals surface area contributed by atoms with Gasteiger partial charge >= 0.3 is 5.97 Å². The second kappa shape index (κ2) is 8.05. The number of nitrogens with one attached hydrogen (secondary N) is 1. The number of carboxylic acid groups (broad SMARTS) is 1. The highest BCUT2D eigenvalue weighted by Gasteiger charge is 2.22. The van der Waals surface area contributed by atoms with E-state index in [0.29, 0.717) is 12.3 Å². The molecule has 1 aliphatic rings. The summed E-state index contributed by atoms with van der Waals surface area (Å²) < 4.78 is 5.29. The van der Waals surface area contributed by atoms with E-state index in [2.05, 4.69) is 10.2 Å². The van der Waals surface area contributed by atoms with Gasteiger partial charge in [0.15, 0.2) is 5.76 Å². The third-order valence-electron chi connectivity index (χ3n) is 3.53. The monoisotopic (exact) mass is 316 g/mol. The molecular weight excluding hydrogens is 296 g/mol. The highest BCUT2D eigenvalue weighted by Crippen LogP contribution is 2.12. The first kappa shape index (κ1) is 17.5. The molecule has 1 aromatic rings. The zero-order valence-electron chi connectivity index (χ0n) is 12.0. The van der Waals surface area contributed by atoms with E-state index >= 15 is 0 Å². The van der Waals surface area contributed by atoms with Crippen LogP contribution in [0.1, 0.15) is 35.6 Å². The lowest BCUT2D eigenvalue weighted by molar-refractivity contribution is -0.137. The van der Waals surface area contributed by atoms with Gasteiger partial charge in [0, 0.05) is 25.7 Å². The highest BCUT2D eigenvalue weighted by atomic mass is 35.5. The number of nitrogens with zero attached hydrogens (tertiary/aromatic N) is 1. The number of rotatable bonds is 5. The first-order valence-corrected chi connectivity index (χ1v) is 6.86. The highest BCUT2D eigenvalue weighted by molar-refractivity contribution is 5.91. The molecule has 2 N–H and O–H groups in total. The number of piperidine rings is 1. The van der Waals surface area contributed by atoms with Crippen LogP contribution in [0.2, 0.25) is 0 Å². The number of carbonyl (C=O) groups excluding carboxylic acids is 1. The van der Waals surface area contributed by atoms with Crippen molar-refractivity contribution in [3.63, 3.8) is 0 Å². The van der Waals surface area contributed by atoms with Crippen LogP contribution in [0.3, 0.4) is 0 Å². The van der Waals surface area contributed by atoms with Crippen LogP contribution in [0.4, 0.5) is 0 Å². The predicted octanol–water partition coefficient (Wildman–Crippen LogP) is 1.68. The minimum Gasteiger partial charge on any atom is -0.481 e. The van der Waals surface area contributed by atoms with E-state index < -0.39 is 5.97 Å². The van der Waals surface area contributed by atoms with Crippen molar-refractivity contribution in [3.05, 3.63) is 23.7 Å². The predicted molar refractivity (Wildman–Crippen MR) is 79.9 cm³/mol. The maximum Gasteiger partial charge on any atom is 0.304 e. The summed E-state index contributed by atoms with van der Waals surface area (Å²) in [4.78, 5) is 24.6. The van der Waals surface area contributed by atoms with Crippen LogP contribution >= 0.6 is 12.4 Å². The minimum atomic E-state index is -0.770. The summed E-state index contributed by atoms with van der Waals surface area (Å²) in [6, 6.07) is 3.57. The second-order valence-electron chi connectivity index (χ2n) is 5.14. The van der Waals surface area contributed by atoms with E-state index in [0.717, 1.165) is 31.7 Å². The Hall–Kier alpha value is -1.53. The Kier molecular flexibility index (Phi) is 6.71. The van der Waals surface area contributed by atoms with Crippen LogP contribution in [0.15, 0.2) is 16.5 Å². The van der Waals surface area contributed by atoms with Crippen LogP contribution in [-0.4, -0.2) is 47.6 Å². The second-order valence-corrected chi connectivity index (χ2v) is 5.14. The number of hydrogen-bond donors (Lipinski definition) is 2. The average molecular weight is 317 g/mol. The zero-order valence-corrected chi connectivity index (χ0v) is 12.8. The normalized spacial score (nSPS) is 16.2. The van der Waals surface area contributed by atoms with Crippen molar-refractivity contribution in [1.82, 2.24) is 10.2 Å². The number of hydrogen-bond acceptors (Lipinski definition) is 4. The van der Waals surface area contributed by atoms with Gasteiger partial charge in [-0.1, -0.05) is 0 Å². The molecule has 1 aliphatic heterocycles. The molecule has 0 atom stereocenters.